The average molecular weight is 362 g/mol. The van der Waals surface area contributed by atoms with E-state index in [2.05, 4.69) is 18.1 Å². The molecule has 3 atom stereocenters. The molecule has 0 radical (unpaired) electrons. The van der Waals surface area contributed by atoms with E-state index in [0.717, 1.165) is 24.1 Å². The Bertz CT molecular complexity index is 862. The molecular formula is C22H26N4O. The molecule has 4 rings (SSSR count). The van der Waals surface area contributed by atoms with E-state index in [0.29, 0.717) is 24.2 Å². The molecule has 2 heterocycles. The molecule has 5 heteroatoms. The molecule has 1 aliphatic carbocycles. The predicted octanol–water partition coefficient (Wildman–Crippen LogP) is 4.07. The minimum absolute atomic E-state index is 0.0430. The molecule has 1 saturated heterocycles. The number of aromatic nitrogens is 2. The van der Waals surface area contributed by atoms with Gasteiger partial charge in [-0.1, -0.05) is 30.3 Å². The van der Waals surface area contributed by atoms with Crippen molar-refractivity contribution in [2.24, 2.45) is 5.92 Å². The molecule has 0 N–H and O–H groups in total. The number of likely N-dealkylation sites (tertiary alicyclic amines) is 1. The van der Waals surface area contributed by atoms with Gasteiger partial charge in [-0.2, -0.15) is 10.4 Å². The highest BCUT2D eigenvalue weighted by atomic mass is 16.2. The molecule has 27 heavy (non-hydrogen) atoms. The Morgan fingerprint density at radius 2 is 2.00 bits per heavy atom. The highest BCUT2D eigenvalue weighted by molar-refractivity contribution is 5.93. The summed E-state index contributed by atoms with van der Waals surface area (Å²) in [5.41, 5.74) is 2.53. The number of hydrogen-bond acceptors (Lipinski definition) is 3. The van der Waals surface area contributed by atoms with E-state index < -0.39 is 0 Å². The average Bonchev–Trinajstić information content (AvgIpc) is 3.31. The van der Waals surface area contributed by atoms with E-state index >= 15 is 0 Å². The Hall–Kier alpha value is -2.61. The van der Waals surface area contributed by atoms with Crippen LogP contribution in [0.3, 0.4) is 0 Å². The summed E-state index contributed by atoms with van der Waals surface area (Å²) < 4.78 is 2.01. The predicted molar refractivity (Wildman–Crippen MR) is 103 cm³/mol. The number of aryl methyl sites for hydroxylation is 1. The zero-order valence-electron chi connectivity index (χ0n) is 16.0. The molecular weight excluding hydrogens is 336 g/mol. The van der Waals surface area contributed by atoms with Gasteiger partial charge in [0.05, 0.1) is 24.1 Å². The molecule has 1 aliphatic heterocycles. The maximum absolute atomic E-state index is 13.2. The van der Waals surface area contributed by atoms with Crippen LogP contribution >= 0.6 is 0 Å². The monoisotopic (exact) mass is 362 g/mol. The summed E-state index contributed by atoms with van der Waals surface area (Å²) in [6.07, 6.45) is 4.29. The van der Waals surface area contributed by atoms with Crippen LogP contribution in [0.4, 0.5) is 0 Å². The van der Waals surface area contributed by atoms with Crippen LogP contribution in [0.1, 0.15) is 66.3 Å². The maximum atomic E-state index is 13.2. The van der Waals surface area contributed by atoms with Gasteiger partial charge in [0.2, 0.25) is 0 Å². The molecule has 140 valence electrons. The van der Waals surface area contributed by atoms with Gasteiger partial charge in [-0.15, -0.1) is 0 Å². The van der Waals surface area contributed by atoms with Crippen LogP contribution in [0.5, 0.6) is 0 Å². The second-order valence-electron chi connectivity index (χ2n) is 7.92. The minimum atomic E-state index is -0.300. The SMILES string of the molecule is Cc1cc(C(=O)N2CCCC2C(C#N)c2ccccc2)nn1C(C)C1CC1. The third-order valence-corrected chi connectivity index (χ3v) is 6.07. The van der Waals surface area contributed by atoms with Crippen molar-refractivity contribution >= 4 is 5.91 Å². The Labute approximate surface area is 160 Å². The summed E-state index contributed by atoms with van der Waals surface area (Å²) in [7, 11) is 0. The van der Waals surface area contributed by atoms with Crippen LogP contribution < -0.4 is 0 Å². The number of amides is 1. The van der Waals surface area contributed by atoms with Gasteiger partial charge in [0, 0.05) is 12.2 Å². The van der Waals surface area contributed by atoms with Crippen molar-refractivity contribution in [2.75, 3.05) is 6.54 Å². The highest BCUT2D eigenvalue weighted by Crippen LogP contribution is 2.40. The summed E-state index contributed by atoms with van der Waals surface area (Å²) in [6.45, 7) is 4.90. The van der Waals surface area contributed by atoms with E-state index in [9.17, 15) is 10.1 Å². The van der Waals surface area contributed by atoms with Gasteiger partial charge in [-0.3, -0.25) is 9.48 Å². The van der Waals surface area contributed by atoms with Gasteiger partial charge in [-0.05, 0) is 57.1 Å². The first-order valence-electron chi connectivity index (χ1n) is 9.92. The van der Waals surface area contributed by atoms with Crippen molar-refractivity contribution in [3.8, 4) is 6.07 Å². The molecule has 3 unspecified atom stereocenters. The first-order valence-corrected chi connectivity index (χ1v) is 9.92. The number of carbonyl (C=O) groups excluding carboxylic acids is 1. The Morgan fingerprint density at radius 3 is 2.67 bits per heavy atom. The van der Waals surface area contributed by atoms with E-state index in [1.807, 2.05) is 52.9 Å². The van der Waals surface area contributed by atoms with Gasteiger partial charge in [0.1, 0.15) is 0 Å². The fourth-order valence-corrected chi connectivity index (χ4v) is 4.36. The maximum Gasteiger partial charge on any atom is 0.274 e. The van der Waals surface area contributed by atoms with E-state index in [1.54, 1.807) is 0 Å². The number of carbonyl (C=O) groups is 1. The second kappa shape index (κ2) is 7.19. The largest absolute Gasteiger partial charge is 0.333 e. The second-order valence-corrected chi connectivity index (χ2v) is 7.92. The number of nitriles is 1. The molecule has 5 nitrogen and oxygen atoms in total. The van der Waals surface area contributed by atoms with Crippen LogP contribution in [-0.2, 0) is 0 Å². The van der Waals surface area contributed by atoms with Crippen molar-refractivity contribution < 1.29 is 4.79 Å². The molecule has 1 saturated carbocycles. The fraction of sp³-hybridized carbons (Fsp3) is 0.500. The lowest BCUT2D eigenvalue weighted by Gasteiger charge is -2.27. The zero-order valence-corrected chi connectivity index (χ0v) is 16.0. The fourth-order valence-electron chi connectivity index (χ4n) is 4.36. The standard InChI is InChI=1S/C22H26N4O/c1-15-13-20(24-26(15)16(2)17-10-11-17)22(27)25-12-6-9-21(25)19(14-23)18-7-4-3-5-8-18/h3-5,7-8,13,16-17,19,21H,6,9-12H2,1-2H3. The molecule has 2 fully saturated rings. The van der Waals surface area contributed by atoms with Crippen molar-refractivity contribution in [2.45, 2.75) is 57.5 Å². The van der Waals surface area contributed by atoms with Gasteiger partial charge in [0.25, 0.3) is 5.91 Å². The quantitative estimate of drug-likeness (QED) is 0.805. The molecule has 1 amide bonds. The van der Waals surface area contributed by atoms with E-state index in [-0.39, 0.29) is 17.9 Å². The smallest absolute Gasteiger partial charge is 0.274 e. The van der Waals surface area contributed by atoms with Gasteiger partial charge in [-0.25, -0.2) is 0 Å². The summed E-state index contributed by atoms with van der Waals surface area (Å²) in [5, 5.41) is 14.4. The lowest BCUT2D eigenvalue weighted by molar-refractivity contribution is 0.0721. The van der Waals surface area contributed by atoms with Crippen LogP contribution in [0.2, 0.25) is 0 Å². The van der Waals surface area contributed by atoms with Crippen LogP contribution in [0.15, 0.2) is 36.4 Å². The third-order valence-electron chi connectivity index (χ3n) is 6.07. The number of nitrogens with zero attached hydrogens (tertiary/aromatic N) is 4. The number of rotatable bonds is 5. The summed E-state index contributed by atoms with van der Waals surface area (Å²) in [5.74, 6) is 0.344. The topological polar surface area (TPSA) is 61.9 Å². The minimum Gasteiger partial charge on any atom is -0.333 e. The molecule has 1 aromatic heterocycles. The molecule has 1 aromatic carbocycles. The first kappa shape index (κ1) is 17.8. The molecule has 2 aromatic rings. The van der Waals surface area contributed by atoms with Gasteiger partial charge >= 0.3 is 0 Å². The number of hydrogen-bond donors (Lipinski definition) is 0. The van der Waals surface area contributed by atoms with Crippen molar-refractivity contribution in [3.05, 3.63) is 53.3 Å². The van der Waals surface area contributed by atoms with Gasteiger partial charge < -0.3 is 4.90 Å². The molecule has 0 spiro atoms. The molecule has 2 aliphatic rings. The van der Waals surface area contributed by atoms with Crippen LogP contribution in [0.25, 0.3) is 0 Å². The lowest BCUT2D eigenvalue weighted by Crippen LogP contribution is -2.39. The van der Waals surface area contributed by atoms with Gasteiger partial charge in [0.15, 0.2) is 5.69 Å². The van der Waals surface area contributed by atoms with Crippen LogP contribution in [0, 0.1) is 24.2 Å². The Balaban J connectivity index is 1.58. The normalized spacial score (nSPS) is 21.7. The van der Waals surface area contributed by atoms with Crippen molar-refractivity contribution in [1.29, 1.82) is 5.26 Å². The Kier molecular flexibility index (Phi) is 4.73. The summed E-state index contributed by atoms with van der Waals surface area (Å²) in [6, 6.07) is 14.4. The van der Waals surface area contributed by atoms with Crippen molar-refractivity contribution in [1.82, 2.24) is 14.7 Å². The van der Waals surface area contributed by atoms with E-state index in [1.165, 1.54) is 12.8 Å². The lowest BCUT2D eigenvalue weighted by atomic mass is 9.91. The summed E-state index contributed by atoms with van der Waals surface area (Å²) >= 11 is 0. The van der Waals surface area contributed by atoms with Crippen LogP contribution in [-0.4, -0.2) is 33.2 Å². The highest BCUT2D eigenvalue weighted by Gasteiger charge is 2.37. The van der Waals surface area contributed by atoms with Crippen molar-refractivity contribution in [3.63, 3.8) is 0 Å². The van der Waals surface area contributed by atoms with E-state index in [4.69, 9.17) is 0 Å². The number of benzene rings is 1. The third kappa shape index (κ3) is 3.37. The summed E-state index contributed by atoms with van der Waals surface area (Å²) in [4.78, 5) is 15.1. The Morgan fingerprint density at radius 1 is 1.26 bits per heavy atom. The first-order chi connectivity index (χ1) is 13.1. The zero-order chi connectivity index (χ0) is 19.0. The molecule has 0 bridgehead atoms.